The van der Waals surface area contributed by atoms with E-state index in [1.165, 1.54) is 18.3 Å². The molecule has 1 saturated carbocycles. The monoisotopic (exact) mass is 369 g/mol. The van der Waals surface area contributed by atoms with Crippen molar-refractivity contribution in [2.45, 2.75) is 31.8 Å². The molecule has 1 aromatic carbocycles. The van der Waals surface area contributed by atoms with Gasteiger partial charge < -0.3 is 14.2 Å². The fourth-order valence-electron chi connectivity index (χ4n) is 2.53. The van der Waals surface area contributed by atoms with Gasteiger partial charge in [-0.2, -0.15) is 4.98 Å². The smallest absolute Gasteiger partial charge is 0.357 e. The number of carbonyl (C=O) groups excluding carboxylic acids is 1. The first kappa shape index (κ1) is 16.9. The van der Waals surface area contributed by atoms with Crippen LogP contribution in [0.25, 0.3) is 11.4 Å². The highest BCUT2D eigenvalue weighted by Crippen LogP contribution is 2.38. The van der Waals surface area contributed by atoms with E-state index in [4.69, 9.17) is 9.26 Å². The first-order chi connectivity index (χ1) is 13.0. The number of benzene rings is 1. The predicted octanol–water partition coefficient (Wildman–Crippen LogP) is 3.16. The number of aromatic amines is 1. The Hall–Kier alpha value is -3.56. The lowest BCUT2D eigenvalue weighted by Crippen LogP contribution is -2.10. The number of hydrogen-bond donors (Lipinski definition) is 1. The Balaban J connectivity index is 1.46. The van der Waals surface area contributed by atoms with Gasteiger partial charge >= 0.3 is 5.97 Å². The van der Waals surface area contributed by atoms with E-state index in [0.717, 1.165) is 12.8 Å². The van der Waals surface area contributed by atoms with E-state index in [0.29, 0.717) is 23.1 Å². The summed E-state index contributed by atoms with van der Waals surface area (Å²) in [6, 6.07) is 5.95. The van der Waals surface area contributed by atoms with Crippen LogP contribution >= 0.6 is 0 Å². The van der Waals surface area contributed by atoms with Gasteiger partial charge in [-0.25, -0.2) is 9.78 Å². The number of carbonyl (C=O) groups is 1. The average Bonchev–Trinajstić information content (AvgIpc) is 3.20. The SMILES string of the molecule is CC(OC(=O)c1cnc(-c2cccc([N+](=O)[O-])c2)[nH]1)c1nc(C2CC2)no1. The van der Waals surface area contributed by atoms with Gasteiger partial charge in [0.15, 0.2) is 11.9 Å². The van der Waals surface area contributed by atoms with Crippen molar-refractivity contribution in [1.82, 2.24) is 20.1 Å². The van der Waals surface area contributed by atoms with Gasteiger partial charge in [-0.3, -0.25) is 10.1 Å². The Morgan fingerprint density at radius 1 is 1.44 bits per heavy atom. The van der Waals surface area contributed by atoms with Crippen LogP contribution in [0.3, 0.4) is 0 Å². The normalized spacial score (nSPS) is 14.7. The lowest BCUT2D eigenvalue weighted by Gasteiger charge is -2.07. The van der Waals surface area contributed by atoms with E-state index in [-0.39, 0.29) is 17.3 Å². The van der Waals surface area contributed by atoms with Gasteiger partial charge in [0.05, 0.1) is 11.1 Å². The van der Waals surface area contributed by atoms with Crippen molar-refractivity contribution in [1.29, 1.82) is 0 Å². The molecule has 138 valence electrons. The van der Waals surface area contributed by atoms with Crippen molar-refractivity contribution in [3.8, 4) is 11.4 Å². The molecule has 0 saturated heterocycles. The second-order valence-electron chi connectivity index (χ2n) is 6.27. The fourth-order valence-corrected chi connectivity index (χ4v) is 2.53. The number of rotatable bonds is 6. The molecule has 0 bridgehead atoms. The van der Waals surface area contributed by atoms with E-state index in [9.17, 15) is 14.9 Å². The maximum absolute atomic E-state index is 12.3. The first-order valence-electron chi connectivity index (χ1n) is 8.35. The number of hydrogen-bond acceptors (Lipinski definition) is 8. The van der Waals surface area contributed by atoms with Crippen LogP contribution in [0.2, 0.25) is 0 Å². The zero-order valence-electron chi connectivity index (χ0n) is 14.3. The highest BCUT2D eigenvalue weighted by molar-refractivity contribution is 5.88. The molecule has 1 aliphatic carbocycles. The molecule has 0 aliphatic heterocycles. The summed E-state index contributed by atoms with van der Waals surface area (Å²) >= 11 is 0. The molecule has 27 heavy (non-hydrogen) atoms. The first-order valence-corrected chi connectivity index (χ1v) is 8.35. The molecule has 1 fully saturated rings. The standard InChI is InChI=1S/C17H15N5O5/c1-9(16-20-15(21-27-16)10-5-6-10)26-17(23)13-8-18-14(19-13)11-3-2-4-12(7-11)22(24)25/h2-4,7-10H,5-6H2,1H3,(H,18,19). The van der Waals surface area contributed by atoms with Crippen molar-refractivity contribution in [2.24, 2.45) is 0 Å². The number of nitro benzene ring substituents is 1. The molecular formula is C17H15N5O5. The Labute approximate surface area is 152 Å². The highest BCUT2D eigenvalue weighted by Gasteiger charge is 2.30. The number of esters is 1. The minimum absolute atomic E-state index is 0.0653. The van der Waals surface area contributed by atoms with Crippen LogP contribution in [-0.2, 0) is 4.74 Å². The quantitative estimate of drug-likeness (QED) is 0.397. The molecule has 1 unspecified atom stereocenters. The summed E-state index contributed by atoms with van der Waals surface area (Å²) in [4.78, 5) is 33.9. The highest BCUT2D eigenvalue weighted by atomic mass is 16.6. The number of nitrogens with zero attached hydrogens (tertiary/aromatic N) is 4. The van der Waals surface area contributed by atoms with Crippen LogP contribution in [0, 0.1) is 10.1 Å². The summed E-state index contributed by atoms with van der Waals surface area (Å²) < 4.78 is 10.5. The minimum Gasteiger partial charge on any atom is -0.448 e. The van der Waals surface area contributed by atoms with Gasteiger partial charge in [0.2, 0.25) is 0 Å². The van der Waals surface area contributed by atoms with Crippen LogP contribution in [0.5, 0.6) is 0 Å². The largest absolute Gasteiger partial charge is 0.448 e. The summed E-state index contributed by atoms with van der Waals surface area (Å²) in [5.41, 5.74) is 0.539. The summed E-state index contributed by atoms with van der Waals surface area (Å²) in [6.45, 7) is 1.64. The van der Waals surface area contributed by atoms with Crippen LogP contribution in [0.1, 0.15) is 54.0 Å². The van der Waals surface area contributed by atoms with E-state index < -0.39 is 17.0 Å². The van der Waals surface area contributed by atoms with E-state index in [2.05, 4.69) is 20.1 Å². The van der Waals surface area contributed by atoms with Crippen molar-refractivity contribution in [3.05, 3.63) is 58.0 Å². The maximum Gasteiger partial charge on any atom is 0.357 e. The fraction of sp³-hybridized carbons (Fsp3) is 0.294. The number of nitro groups is 1. The number of H-pyrrole nitrogens is 1. The van der Waals surface area contributed by atoms with Crippen LogP contribution in [0.15, 0.2) is 35.0 Å². The zero-order valence-corrected chi connectivity index (χ0v) is 14.3. The lowest BCUT2D eigenvalue weighted by molar-refractivity contribution is -0.384. The Kier molecular flexibility index (Phi) is 4.15. The second kappa shape index (κ2) is 6.63. The van der Waals surface area contributed by atoms with Crippen molar-refractivity contribution < 1.29 is 19.0 Å². The van der Waals surface area contributed by atoms with E-state index in [1.807, 2.05) is 0 Å². The molecule has 0 spiro atoms. The molecule has 10 heteroatoms. The van der Waals surface area contributed by atoms with Crippen molar-refractivity contribution in [2.75, 3.05) is 0 Å². The predicted molar refractivity (Wildman–Crippen MR) is 90.8 cm³/mol. The molecule has 1 aliphatic rings. The molecule has 0 radical (unpaired) electrons. The van der Waals surface area contributed by atoms with Crippen LogP contribution in [-0.4, -0.2) is 31.0 Å². The Morgan fingerprint density at radius 2 is 2.26 bits per heavy atom. The van der Waals surface area contributed by atoms with Gasteiger partial charge in [-0.05, 0) is 19.8 Å². The number of nitrogens with one attached hydrogen (secondary N) is 1. The van der Waals surface area contributed by atoms with E-state index >= 15 is 0 Å². The third-order valence-electron chi connectivity index (χ3n) is 4.16. The summed E-state index contributed by atoms with van der Waals surface area (Å²) in [5, 5.41) is 14.8. The zero-order chi connectivity index (χ0) is 19.0. The topological polar surface area (TPSA) is 137 Å². The molecule has 10 nitrogen and oxygen atoms in total. The molecule has 4 rings (SSSR count). The number of non-ortho nitro benzene ring substituents is 1. The average molecular weight is 369 g/mol. The number of imidazole rings is 1. The lowest BCUT2D eigenvalue weighted by atomic mass is 10.2. The molecule has 1 N–H and O–H groups in total. The van der Waals surface area contributed by atoms with Gasteiger partial charge in [0.1, 0.15) is 11.5 Å². The molecule has 2 heterocycles. The molecule has 0 amide bonds. The summed E-state index contributed by atoms with van der Waals surface area (Å²) in [6.07, 6.45) is 2.69. The number of ether oxygens (including phenoxy) is 1. The molecule has 3 aromatic rings. The van der Waals surface area contributed by atoms with Gasteiger partial charge in [0, 0.05) is 23.6 Å². The molecule has 2 aromatic heterocycles. The third-order valence-corrected chi connectivity index (χ3v) is 4.16. The molecular weight excluding hydrogens is 354 g/mol. The van der Waals surface area contributed by atoms with Gasteiger partial charge in [-0.15, -0.1) is 0 Å². The van der Waals surface area contributed by atoms with Crippen molar-refractivity contribution in [3.63, 3.8) is 0 Å². The Morgan fingerprint density at radius 3 is 3.00 bits per heavy atom. The van der Waals surface area contributed by atoms with Crippen LogP contribution in [0.4, 0.5) is 5.69 Å². The second-order valence-corrected chi connectivity index (χ2v) is 6.27. The summed E-state index contributed by atoms with van der Waals surface area (Å²) in [5.74, 6) is 0.909. The maximum atomic E-state index is 12.3. The molecule has 1 atom stereocenters. The number of aromatic nitrogens is 4. The van der Waals surface area contributed by atoms with Gasteiger partial charge in [0.25, 0.3) is 11.6 Å². The third kappa shape index (κ3) is 3.54. The Bertz CT molecular complexity index is 1010. The summed E-state index contributed by atoms with van der Waals surface area (Å²) in [7, 11) is 0. The van der Waals surface area contributed by atoms with Gasteiger partial charge in [-0.1, -0.05) is 17.3 Å². The van der Waals surface area contributed by atoms with Crippen LogP contribution < -0.4 is 0 Å². The van der Waals surface area contributed by atoms with Crippen molar-refractivity contribution >= 4 is 11.7 Å². The van der Waals surface area contributed by atoms with E-state index in [1.54, 1.807) is 19.1 Å². The minimum atomic E-state index is -0.706.